The Labute approximate surface area is 95.9 Å². The highest BCUT2D eigenvalue weighted by Gasteiger charge is 2.08. The molecule has 0 aliphatic carbocycles. The van der Waals surface area contributed by atoms with Gasteiger partial charge < -0.3 is 0 Å². The van der Waals surface area contributed by atoms with Crippen LogP contribution in [-0.2, 0) is 0 Å². The van der Waals surface area contributed by atoms with E-state index in [0.717, 1.165) is 10.2 Å². The Morgan fingerprint density at radius 1 is 1.40 bits per heavy atom. The third-order valence-electron chi connectivity index (χ3n) is 2.08. The van der Waals surface area contributed by atoms with E-state index in [0.29, 0.717) is 5.56 Å². The number of ketones is 1. The van der Waals surface area contributed by atoms with Crippen LogP contribution in [0, 0.1) is 0 Å². The number of Topliss-reactive ketones (excluding diaryl/α,β-unsaturated/α-hetero) is 1. The number of carbonyl (C=O) groups excluding carboxylic acids is 1. The molecule has 0 aliphatic rings. The van der Waals surface area contributed by atoms with Gasteiger partial charge in [-0.2, -0.15) is 5.10 Å². The molecule has 2 aromatic rings. The number of hydrogen-bond donors (Lipinski definition) is 0. The van der Waals surface area contributed by atoms with Crippen LogP contribution in [0.15, 0.2) is 41.1 Å². The molecule has 15 heavy (non-hydrogen) atoms. The second kappa shape index (κ2) is 3.98. The van der Waals surface area contributed by atoms with Gasteiger partial charge >= 0.3 is 0 Å². The molecule has 1 heterocycles. The van der Waals surface area contributed by atoms with Gasteiger partial charge in [-0.1, -0.05) is 12.1 Å². The fourth-order valence-corrected chi connectivity index (χ4v) is 1.69. The van der Waals surface area contributed by atoms with Crippen molar-refractivity contribution in [1.29, 1.82) is 0 Å². The number of benzene rings is 1. The molecule has 0 radical (unpaired) electrons. The number of rotatable bonds is 2. The van der Waals surface area contributed by atoms with Crippen molar-refractivity contribution in [2.24, 2.45) is 0 Å². The van der Waals surface area contributed by atoms with Gasteiger partial charge in [0.2, 0.25) is 0 Å². The minimum atomic E-state index is 0.0391. The van der Waals surface area contributed by atoms with E-state index < -0.39 is 0 Å². The number of hydrogen-bond acceptors (Lipinski definition) is 2. The predicted molar refractivity (Wildman–Crippen MR) is 61.3 cm³/mol. The molecular weight excluding hydrogens is 256 g/mol. The molecule has 0 N–H and O–H groups in total. The van der Waals surface area contributed by atoms with Gasteiger partial charge in [-0.3, -0.25) is 4.79 Å². The Morgan fingerprint density at radius 2 is 2.13 bits per heavy atom. The first-order valence-electron chi connectivity index (χ1n) is 4.49. The maximum atomic E-state index is 11.4. The fourth-order valence-electron chi connectivity index (χ4n) is 1.40. The molecule has 0 bridgehead atoms. The Hall–Kier alpha value is -1.42. The number of para-hydroxylation sites is 1. The highest BCUT2D eigenvalue weighted by molar-refractivity contribution is 9.10. The van der Waals surface area contributed by atoms with Crippen molar-refractivity contribution in [1.82, 2.24) is 9.78 Å². The van der Waals surface area contributed by atoms with E-state index in [9.17, 15) is 4.79 Å². The minimum Gasteiger partial charge on any atom is -0.294 e. The van der Waals surface area contributed by atoms with E-state index >= 15 is 0 Å². The molecule has 0 amide bonds. The molecular formula is C11H9BrN2O. The summed E-state index contributed by atoms with van der Waals surface area (Å²) < 4.78 is 2.57. The molecule has 1 aromatic heterocycles. The van der Waals surface area contributed by atoms with Crippen LogP contribution in [0.3, 0.4) is 0 Å². The van der Waals surface area contributed by atoms with Gasteiger partial charge in [-0.05, 0) is 35.0 Å². The maximum Gasteiger partial charge on any atom is 0.161 e. The molecule has 0 spiro atoms. The lowest BCUT2D eigenvalue weighted by molar-refractivity contribution is 0.101. The van der Waals surface area contributed by atoms with Gasteiger partial charge in [0.1, 0.15) is 0 Å². The van der Waals surface area contributed by atoms with Crippen molar-refractivity contribution in [2.45, 2.75) is 6.92 Å². The number of nitrogens with zero attached hydrogens (tertiary/aromatic N) is 2. The second-order valence-corrected chi connectivity index (χ2v) is 4.09. The predicted octanol–water partition coefficient (Wildman–Crippen LogP) is 2.84. The van der Waals surface area contributed by atoms with Crippen LogP contribution < -0.4 is 0 Å². The third kappa shape index (κ3) is 1.99. The van der Waals surface area contributed by atoms with Crippen LogP contribution in [0.4, 0.5) is 0 Å². The summed E-state index contributed by atoms with van der Waals surface area (Å²) >= 11 is 3.32. The van der Waals surface area contributed by atoms with Crippen molar-refractivity contribution in [2.75, 3.05) is 0 Å². The van der Waals surface area contributed by atoms with Crippen LogP contribution >= 0.6 is 15.9 Å². The number of carbonyl (C=O) groups is 1. The average Bonchev–Trinajstić information content (AvgIpc) is 2.65. The molecule has 0 unspecified atom stereocenters. The number of aromatic nitrogens is 2. The monoisotopic (exact) mass is 264 g/mol. The smallest absolute Gasteiger partial charge is 0.161 e. The van der Waals surface area contributed by atoms with E-state index in [4.69, 9.17) is 0 Å². The van der Waals surface area contributed by atoms with Gasteiger partial charge in [0.25, 0.3) is 0 Å². The van der Waals surface area contributed by atoms with Crippen molar-refractivity contribution >= 4 is 21.7 Å². The minimum absolute atomic E-state index is 0.0391. The normalized spacial score (nSPS) is 10.3. The van der Waals surface area contributed by atoms with Crippen molar-refractivity contribution in [3.63, 3.8) is 0 Å². The van der Waals surface area contributed by atoms with E-state index in [1.165, 1.54) is 0 Å². The molecule has 3 nitrogen and oxygen atoms in total. The SMILES string of the molecule is CC(=O)c1ccccc1-n1cc(Br)cn1. The molecule has 0 aliphatic heterocycles. The molecule has 76 valence electrons. The van der Waals surface area contributed by atoms with Crippen molar-refractivity contribution in [3.8, 4) is 5.69 Å². The lowest BCUT2D eigenvalue weighted by Crippen LogP contribution is -2.03. The maximum absolute atomic E-state index is 11.4. The summed E-state index contributed by atoms with van der Waals surface area (Å²) in [5, 5.41) is 4.15. The third-order valence-corrected chi connectivity index (χ3v) is 2.49. The van der Waals surface area contributed by atoms with Gasteiger partial charge in [-0.25, -0.2) is 4.68 Å². The van der Waals surface area contributed by atoms with Crippen molar-refractivity contribution in [3.05, 3.63) is 46.7 Å². The average molecular weight is 265 g/mol. The topological polar surface area (TPSA) is 34.9 Å². The largest absolute Gasteiger partial charge is 0.294 e. The summed E-state index contributed by atoms with van der Waals surface area (Å²) in [4.78, 5) is 11.4. The molecule has 2 rings (SSSR count). The standard InChI is InChI=1S/C11H9BrN2O/c1-8(15)10-4-2-3-5-11(10)14-7-9(12)6-13-14/h2-7H,1H3. The molecule has 0 fully saturated rings. The molecule has 1 aromatic carbocycles. The summed E-state index contributed by atoms with van der Waals surface area (Å²) in [6.07, 6.45) is 3.51. The van der Waals surface area contributed by atoms with Gasteiger partial charge in [0.15, 0.2) is 5.78 Å². The zero-order valence-corrected chi connectivity index (χ0v) is 9.73. The number of halogens is 1. The van der Waals surface area contributed by atoms with E-state index in [-0.39, 0.29) is 5.78 Å². The van der Waals surface area contributed by atoms with Gasteiger partial charge in [0, 0.05) is 11.8 Å². The van der Waals surface area contributed by atoms with Gasteiger partial charge in [-0.15, -0.1) is 0 Å². The summed E-state index contributed by atoms with van der Waals surface area (Å²) in [6.45, 7) is 1.55. The van der Waals surface area contributed by atoms with Crippen LogP contribution in [0.25, 0.3) is 5.69 Å². The summed E-state index contributed by atoms with van der Waals surface area (Å²) in [5.74, 6) is 0.0391. The summed E-state index contributed by atoms with van der Waals surface area (Å²) in [5.41, 5.74) is 1.48. The zero-order chi connectivity index (χ0) is 10.8. The molecule has 0 atom stereocenters. The lowest BCUT2D eigenvalue weighted by Gasteiger charge is -2.05. The molecule has 0 saturated heterocycles. The fraction of sp³-hybridized carbons (Fsp3) is 0.0909. The molecule has 0 saturated carbocycles. The lowest BCUT2D eigenvalue weighted by atomic mass is 10.1. The van der Waals surface area contributed by atoms with Crippen molar-refractivity contribution < 1.29 is 4.79 Å². The quantitative estimate of drug-likeness (QED) is 0.782. The van der Waals surface area contributed by atoms with Crippen LogP contribution in [0.2, 0.25) is 0 Å². The second-order valence-electron chi connectivity index (χ2n) is 3.18. The zero-order valence-electron chi connectivity index (χ0n) is 8.14. The van der Waals surface area contributed by atoms with Crippen LogP contribution in [0.1, 0.15) is 17.3 Å². The Bertz CT molecular complexity index is 505. The highest BCUT2D eigenvalue weighted by atomic mass is 79.9. The van der Waals surface area contributed by atoms with E-state index in [1.54, 1.807) is 23.9 Å². The van der Waals surface area contributed by atoms with E-state index in [1.807, 2.05) is 24.4 Å². The Kier molecular flexibility index (Phi) is 2.68. The first-order valence-corrected chi connectivity index (χ1v) is 5.28. The first-order chi connectivity index (χ1) is 7.18. The molecule has 4 heteroatoms. The first kappa shape index (κ1) is 10.1. The Morgan fingerprint density at radius 3 is 2.73 bits per heavy atom. The highest BCUT2D eigenvalue weighted by Crippen LogP contribution is 2.16. The van der Waals surface area contributed by atoms with Crippen LogP contribution in [-0.4, -0.2) is 15.6 Å². The van der Waals surface area contributed by atoms with Gasteiger partial charge in [0.05, 0.1) is 16.4 Å². The van der Waals surface area contributed by atoms with E-state index in [2.05, 4.69) is 21.0 Å². The Balaban J connectivity index is 2.57. The summed E-state index contributed by atoms with van der Waals surface area (Å²) in [6, 6.07) is 7.40. The summed E-state index contributed by atoms with van der Waals surface area (Å²) in [7, 11) is 0. The van der Waals surface area contributed by atoms with Crippen LogP contribution in [0.5, 0.6) is 0 Å².